The fourth-order valence-electron chi connectivity index (χ4n) is 1.68. The first-order valence-electron chi connectivity index (χ1n) is 6.34. The number of carbonyl (C=O) groups is 1. The maximum atomic E-state index is 10.8. The molecule has 0 spiro atoms. The third-order valence-electron chi connectivity index (χ3n) is 2.82. The van der Waals surface area contributed by atoms with E-state index < -0.39 is 0 Å². The maximum Gasteiger partial charge on any atom is 0.185 e. The summed E-state index contributed by atoms with van der Waals surface area (Å²) >= 11 is 1.49. The summed E-state index contributed by atoms with van der Waals surface area (Å²) < 4.78 is 0. The van der Waals surface area contributed by atoms with E-state index in [1.54, 1.807) is 6.92 Å². The average Bonchev–Trinajstić information content (AvgIpc) is 2.22. The highest BCUT2D eigenvalue weighted by molar-refractivity contribution is 8.13. The van der Waals surface area contributed by atoms with Crippen molar-refractivity contribution in [2.45, 2.75) is 65.7 Å². The zero-order chi connectivity index (χ0) is 11.5. The van der Waals surface area contributed by atoms with Crippen molar-refractivity contribution >= 4 is 16.9 Å². The van der Waals surface area contributed by atoms with Crippen molar-refractivity contribution in [2.75, 3.05) is 5.75 Å². The quantitative estimate of drug-likeness (QED) is 0.536. The van der Waals surface area contributed by atoms with Crippen molar-refractivity contribution in [1.29, 1.82) is 0 Å². The molecule has 0 N–H and O–H groups in total. The van der Waals surface area contributed by atoms with Crippen LogP contribution in [0, 0.1) is 5.92 Å². The van der Waals surface area contributed by atoms with Gasteiger partial charge in [-0.2, -0.15) is 0 Å². The van der Waals surface area contributed by atoms with Gasteiger partial charge < -0.3 is 0 Å². The molecule has 15 heavy (non-hydrogen) atoms. The molecule has 0 saturated heterocycles. The van der Waals surface area contributed by atoms with Gasteiger partial charge in [-0.3, -0.25) is 4.79 Å². The lowest BCUT2D eigenvalue weighted by Gasteiger charge is -2.12. The van der Waals surface area contributed by atoms with E-state index in [4.69, 9.17) is 0 Å². The smallest absolute Gasteiger partial charge is 0.185 e. The molecule has 0 aliphatic carbocycles. The van der Waals surface area contributed by atoms with Crippen LogP contribution in [0.2, 0.25) is 0 Å². The number of hydrogen-bond donors (Lipinski definition) is 0. The summed E-state index contributed by atoms with van der Waals surface area (Å²) in [7, 11) is 0. The number of rotatable bonds is 9. The zero-order valence-corrected chi connectivity index (χ0v) is 11.4. The fourth-order valence-corrected chi connectivity index (χ4v) is 2.55. The lowest BCUT2D eigenvalue weighted by atomic mass is 10.00. The molecular formula is C13H26OS. The number of hydrogen-bond acceptors (Lipinski definition) is 2. The van der Waals surface area contributed by atoms with Gasteiger partial charge in [-0.05, 0) is 12.3 Å². The first-order chi connectivity index (χ1) is 7.20. The first-order valence-corrected chi connectivity index (χ1v) is 7.32. The molecule has 1 unspecified atom stereocenters. The van der Waals surface area contributed by atoms with Gasteiger partial charge in [-0.1, -0.05) is 64.1 Å². The number of carbonyl (C=O) groups excluding carboxylic acids is 1. The molecule has 90 valence electrons. The van der Waals surface area contributed by atoms with E-state index in [1.807, 2.05) is 0 Å². The lowest BCUT2D eigenvalue weighted by molar-refractivity contribution is -0.109. The molecule has 0 aliphatic heterocycles. The van der Waals surface area contributed by atoms with Gasteiger partial charge >= 0.3 is 0 Å². The third kappa shape index (κ3) is 10.3. The van der Waals surface area contributed by atoms with Crippen LogP contribution in [-0.2, 0) is 4.79 Å². The Labute approximate surface area is 99.4 Å². The maximum absolute atomic E-state index is 10.8. The molecule has 1 nitrogen and oxygen atoms in total. The molecule has 2 heteroatoms. The van der Waals surface area contributed by atoms with E-state index in [0.717, 1.165) is 11.7 Å². The van der Waals surface area contributed by atoms with Crippen molar-refractivity contribution < 1.29 is 4.79 Å². The topological polar surface area (TPSA) is 17.1 Å². The van der Waals surface area contributed by atoms with Gasteiger partial charge in [0.1, 0.15) is 0 Å². The molecule has 0 bridgehead atoms. The summed E-state index contributed by atoms with van der Waals surface area (Å²) in [5.74, 6) is 1.78. The second kappa shape index (κ2) is 10.5. The average molecular weight is 230 g/mol. The fraction of sp³-hybridized carbons (Fsp3) is 0.923. The predicted molar refractivity (Wildman–Crippen MR) is 70.3 cm³/mol. The molecule has 0 saturated carbocycles. The van der Waals surface area contributed by atoms with Gasteiger partial charge in [0, 0.05) is 12.7 Å². The number of unbranched alkanes of at least 4 members (excludes halogenated alkanes) is 4. The van der Waals surface area contributed by atoms with Gasteiger partial charge in [0.05, 0.1) is 0 Å². The summed E-state index contributed by atoms with van der Waals surface area (Å²) in [5, 5.41) is 0.263. The Morgan fingerprint density at radius 3 is 2.33 bits per heavy atom. The van der Waals surface area contributed by atoms with Crippen LogP contribution in [0.5, 0.6) is 0 Å². The molecule has 0 rings (SSSR count). The Morgan fingerprint density at radius 2 is 1.80 bits per heavy atom. The monoisotopic (exact) mass is 230 g/mol. The normalized spacial score (nSPS) is 12.7. The minimum absolute atomic E-state index is 0.263. The van der Waals surface area contributed by atoms with E-state index >= 15 is 0 Å². The highest BCUT2D eigenvalue weighted by atomic mass is 32.2. The second-order valence-electron chi connectivity index (χ2n) is 4.28. The molecule has 0 aliphatic rings. The molecule has 0 fully saturated rings. The van der Waals surface area contributed by atoms with Crippen LogP contribution in [0.4, 0.5) is 0 Å². The molecule has 0 radical (unpaired) electrons. The van der Waals surface area contributed by atoms with E-state index in [-0.39, 0.29) is 5.12 Å². The summed E-state index contributed by atoms with van der Waals surface area (Å²) in [6.45, 7) is 6.15. The van der Waals surface area contributed by atoms with Crippen LogP contribution in [0.1, 0.15) is 65.7 Å². The van der Waals surface area contributed by atoms with E-state index in [2.05, 4.69) is 13.8 Å². The Bertz CT molecular complexity index is 157. The van der Waals surface area contributed by atoms with Gasteiger partial charge in [0.25, 0.3) is 0 Å². The van der Waals surface area contributed by atoms with Gasteiger partial charge in [0.15, 0.2) is 5.12 Å². The molecule has 0 heterocycles. The van der Waals surface area contributed by atoms with E-state index in [1.165, 1.54) is 56.7 Å². The molecule has 1 atom stereocenters. The van der Waals surface area contributed by atoms with Crippen LogP contribution in [0.25, 0.3) is 0 Å². The molecule has 0 aromatic carbocycles. The Hall–Kier alpha value is 0.0200. The Balaban J connectivity index is 3.40. The van der Waals surface area contributed by atoms with Gasteiger partial charge in [-0.25, -0.2) is 0 Å². The van der Waals surface area contributed by atoms with Crippen LogP contribution >= 0.6 is 11.8 Å². The Morgan fingerprint density at radius 1 is 1.13 bits per heavy atom. The van der Waals surface area contributed by atoms with E-state index in [9.17, 15) is 4.79 Å². The van der Waals surface area contributed by atoms with Crippen molar-refractivity contribution in [2.24, 2.45) is 5.92 Å². The molecular weight excluding hydrogens is 204 g/mol. The van der Waals surface area contributed by atoms with Crippen LogP contribution < -0.4 is 0 Å². The van der Waals surface area contributed by atoms with Crippen molar-refractivity contribution in [3.8, 4) is 0 Å². The Kier molecular flexibility index (Phi) is 10.5. The highest BCUT2D eigenvalue weighted by Gasteiger charge is 2.07. The summed E-state index contributed by atoms with van der Waals surface area (Å²) in [4.78, 5) is 10.8. The lowest BCUT2D eigenvalue weighted by Crippen LogP contribution is -2.03. The third-order valence-corrected chi connectivity index (χ3v) is 3.86. The summed E-state index contributed by atoms with van der Waals surface area (Å²) in [5.41, 5.74) is 0. The standard InChI is InChI=1S/C13H26OS/c1-4-6-7-8-9-10-13(5-2)11-15-12(3)14/h13H,4-11H2,1-3H3. The number of thioether (sulfide) groups is 1. The zero-order valence-electron chi connectivity index (χ0n) is 10.6. The molecule has 0 aromatic rings. The summed E-state index contributed by atoms with van der Waals surface area (Å²) in [6.07, 6.45) is 9.31. The molecule has 0 aromatic heterocycles. The van der Waals surface area contributed by atoms with Crippen LogP contribution in [0.3, 0.4) is 0 Å². The minimum Gasteiger partial charge on any atom is -0.288 e. The van der Waals surface area contributed by atoms with Gasteiger partial charge in [-0.15, -0.1) is 0 Å². The van der Waals surface area contributed by atoms with Crippen LogP contribution in [0.15, 0.2) is 0 Å². The first kappa shape index (κ1) is 15.0. The van der Waals surface area contributed by atoms with Crippen molar-refractivity contribution in [3.63, 3.8) is 0 Å². The van der Waals surface area contributed by atoms with Crippen molar-refractivity contribution in [1.82, 2.24) is 0 Å². The second-order valence-corrected chi connectivity index (χ2v) is 5.48. The van der Waals surface area contributed by atoms with Crippen LogP contribution in [-0.4, -0.2) is 10.9 Å². The highest BCUT2D eigenvalue weighted by Crippen LogP contribution is 2.19. The largest absolute Gasteiger partial charge is 0.288 e. The van der Waals surface area contributed by atoms with Gasteiger partial charge in [0.2, 0.25) is 0 Å². The summed E-state index contributed by atoms with van der Waals surface area (Å²) in [6, 6.07) is 0. The molecule has 0 amide bonds. The SMILES string of the molecule is CCCCCCCC(CC)CSC(C)=O. The van der Waals surface area contributed by atoms with Crippen molar-refractivity contribution in [3.05, 3.63) is 0 Å². The van der Waals surface area contributed by atoms with E-state index in [0.29, 0.717) is 0 Å². The predicted octanol–water partition coefficient (Wildman–Crippen LogP) is 4.65. The minimum atomic E-state index is 0.263.